The first-order valence-corrected chi connectivity index (χ1v) is 9.42. The summed E-state index contributed by atoms with van der Waals surface area (Å²) in [7, 11) is 1.11. The number of nitrogens with zero attached hydrogens (tertiary/aromatic N) is 2. The van der Waals surface area contributed by atoms with E-state index < -0.39 is 35.3 Å². The summed E-state index contributed by atoms with van der Waals surface area (Å²) in [5.74, 6) is -2.13. The number of methoxy groups -OCH3 is 1. The zero-order valence-corrected chi connectivity index (χ0v) is 16.7. The Morgan fingerprint density at radius 1 is 1.25 bits per heavy atom. The monoisotopic (exact) mass is 408 g/mol. The summed E-state index contributed by atoms with van der Waals surface area (Å²) in [6, 6.07) is 2.76. The van der Waals surface area contributed by atoms with Crippen LogP contribution in [0.25, 0.3) is 0 Å². The van der Waals surface area contributed by atoms with E-state index in [9.17, 15) is 14.4 Å². The van der Waals surface area contributed by atoms with E-state index in [0.29, 0.717) is 17.1 Å². The molecule has 5 rings (SSSR count). The number of pyridine rings is 1. The molecule has 0 spiro atoms. The second-order valence-electron chi connectivity index (χ2n) is 8.36. The van der Waals surface area contributed by atoms with Crippen LogP contribution in [0.3, 0.4) is 0 Å². The average Bonchev–Trinajstić information content (AvgIpc) is 2.93. The Balaban J connectivity index is 1.72. The van der Waals surface area contributed by atoms with E-state index in [-0.39, 0.29) is 17.9 Å². The van der Waals surface area contributed by atoms with Crippen LogP contribution in [0.5, 0.6) is 0 Å². The van der Waals surface area contributed by atoms with Gasteiger partial charge in [0.2, 0.25) is 0 Å². The SMILES string of the molecule is COC(=O)C(=O)OC1(c2ccc(Cl)nc2)[C@@H]2[C@@H]3C[C@H]1N(C(=O)OC(C)(C)C)[C@@H]32. The Morgan fingerprint density at radius 3 is 2.50 bits per heavy atom. The molecule has 9 heteroatoms. The predicted octanol–water partition coefficient (Wildman–Crippen LogP) is 2.28. The molecule has 28 heavy (non-hydrogen) atoms. The molecule has 4 bridgehead atoms. The van der Waals surface area contributed by atoms with Gasteiger partial charge in [-0.15, -0.1) is 0 Å². The highest BCUT2D eigenvalue weighted by molar-refractivity contribution is 6.30. The first kappa shape index (κ1) is 19.0. The molecule has 1 amide bonds. The number of carbonyl (C=O) groups is 3. The lowest BCUT2D eigenvalue weighted by atomic mass is 9.88. The molecule has 150 valence electrons. The van der Waals surface area contributed by atoms with Gasteiger partial charge in [-0.1, -0.05) is 17.7 Å². The first-order valence-electron chi connectivity index (χ1n) is 9.05. The minimum atomic E-state index is -1.17. The van der Waals surface area contributed by atoms with Crippen LogP contribution in [0.15, 0.2) is 18.3 Å². The van der Waals surface area contributed by atoms with Gasteiger partial charge < -0.3 is 14.2 Å². The van der Waals surface area contributed by atoms with Gasteiger partial charge in [0.15, 0.2) is 5.60 Å². The van der Waals surface area contributed by atoms with Crippen molar-refractivity contribution in [3.05, 3.63) is 29.0 Å². The number of ether oxygens (including phenoxy) is 3. The summed E-state index contributed by atoms with van der Waals surface area (Å²) in [6.45, 7) is 5.39. The van der Waals surface area contributed by atoms with E-state index >= 15 is 0 Å². The van der Waals surface area contributed by atoms with Gasteiger partial charge in [-0.25, -0.2) is 19.4 Å². The van der Waals surface area contributed by atoms with Crippen LogP contribution in [0.4, 0.5) is 4.79 Å². The third-order valence-corrected chi connectivity index (χ3v) is 5.89. The summed E-state index contributed by atoms with van der Waals surface area (Å²) in [6.07, 6.45) is 1.73. The number of carbonyl (C=O) groups excluding carboxylic acids is 3. The van der Waals surface area contributed by atoms with Crippen molar-refractivity contribution in [1.29, 1.82) is 0 Å². The van der Waals surface area contributed by atoms with E-state index in [1.807, 2.05) is 0 Å². The van der Waals surface area contributed by atoms with E-state index in [2.05, 4.69) is 9.72 Å². The maximum atomic E-state index is 12.8. The third-order valence-electron chi connectivity index (χ3n) is 5.67. The fourth-order valence-corrected chi connectivity index (χ4v) is 4.92. The molecule has 0 radical (unpaired) electrons. The number of halogens is 1. The number of aromatic nitrogens is 1. The number of amides is 1. The summed E-state index contributed by atoms with van der Waals surface area (Å²) in [5, 5.41) is 0.292. The van der Waals surface area contributed by atoms with Gasteiger partial charge >= 0.3 is 18.0 Å². The fraction of sp³-hybridized carbons (Fsp3) is 0.579. The first-order chi connectivity index (χ1) is 13.1. The Morgan fingerprint density at radius 2 is 1.96 bits per heavy atom. The molecule has 8 nitrogen and oxygen atoms in total. The number of hydrogen-bond acceptors (Lipinski definition) is 7. The molecule has 4 aliphatic rings. The molecular formula is C19H21ClN2O6. The molecule has 1 aromatic rings. The lowest BCUT2D eigenvalue weighted by Crippen LogP contribution is -2.48. The highest BCUT2D eigenvalue weighted by Crippen LogP contribution is 2.73. The molecule has 3 heterocycles. The zero-order chi connectivity index (χ0) is 20.4. The lowest BCUT2D eigenvalue weighted by Gasteiger charge is -2.35. The number of rotatable bonds is 2. The lowest BCUT2D eigenvalue weighted by molar-refractivity contribution is -0.179. The summed E-state index contributed by atoms with van der Waals surface area (Å²) >= 11 is 5.91. The maximum absolute atomic E-state index is 12.8. The van der Waals surface area contributed by atoms with Crippen molar-refractivity contribution < 1.29 is 28.6 Å². The molecule has 4 fully saturated rings. The van der Waals surface area contributed by atoms with Crippen molar-refractivity contribution in [1.82, 2.24) is 9.88 Å². The van der Waals surface area contributed by atoms with E-state index in [1.54, 1.807) is 37.8 Å². The van der Waals surface area contributed by atoms with E-state index in [0.717, 1.165) is 7.11 Å². The van der Waals surface area contributed by atoms with Gasteiger partial charge in [-0.2, -0.15) is 0 Å². The topological polar surface area (TPSA) is 95.0 Å². The second kappa shape index (κ2) is 6.07. The highest BCUT2D eigenvalue weighted by Gasteiger charge is 2.83. The summed E-state index contributed by atoms with van der Waals surface area (Å²) in [4.78, 5) is 42.6. The fourth-order valence-electron chi connectivity index (χ4n) is 4.80. The van der Waals surface area contributed by atoms with Crippen molar-refractivity contribution in [2.45, 2.75) is 50.5 Å². The molecule has 0 N–H and O–H groups in total. The molecule has 2 saturated heterocycles. The Labute approximate surface area is 167 Å². The van der Waals surface area contributed by atoms with Crippen LogP contribution in [-0.2, 0) is 29.4 Å². The minimum Gasteiger partial charge on any atom is -0.461 e. The van der Waals surface area contributed by atoms with Gasteiger partial charge in [-0.3, -0.25) is 4.90 Å². The van der Waals surface area contributed by atoms with Crippen LogP contribution < -0.4 is 0 Å². The van der Waals surface area contributed by atoms with Gasteiger partial charge in [0, 0.05) is 23.7 Å². The van der Waals surface area contributed by atoms with Gasteiger partial charge in [0.25, 0.3) is 0 Å². The molecular weight excluding hydrogens is 388 g/mol. The molecule has 1 unspecified atom stereocenters. The molecule has 5 atom stereocenters. The van der Waals surface area contributed by atoms with Gasteiger partial charge in [-0.05, 0) is 39.2 Å². The van der Waals surface area contributed by atoms with Crippen molar-refractivity contribution in [3.63, 3.8) is 0 Å². The van der Waals surface area contributed by atoms with Crippen molar-refractivity contribution in [3.8, 4) is 0 Å². The third kappa shape index (κ3) is 2.65. The normalized spacial score (nSPS) is 32.1. The minimum absolute atomic E-state index is 0.0963. The van der Waals surface area contributed by atoms with Crippen molar-refractivity contribution >= 4 is 29.6 Å². The molecule has 1 aromatic heterocycles. The highest BCUT2D eigenvalue weighted by atomic mass is 35.5. The summed E-state index contributed by atoms with van der Waals surface area (Å²) in [5.41, 5.74) is -1.23. The largest absolute Gasteiger partial charge is 0.461 e. The van der Waals surface area contributed by atoms with Crippen LogP contribution in [0.1, 0.15) is 32.8 Å². The number of piperidine rings is 2. The zero-order valence-electron chi connectivity index (χ0n) is 16.0. The van der Waals surface area contributed by atoms with Gasteiger partial charge in [0.1, 0.15) is 10.8 Å². The quantitative estimate of drug-likeness (QED) is 0.320. The Bertz CT molecular complexity index is 851. The molecule has 2 aliphatic heterocycles. The maximum Gasteiger partial charge on any atom is 0.418 e. The molecule has 2 aliphatic carbocycles. The van der Waals surface area contributed by atoms with Crippen LogP contribution >= 0.6 is 11.6 Å². The smallest absolute Gasteiger partial charge is 0.418 e. The van der Waals surface area contributed by atoms with Gasteiger partial charge in [0.05, 0.1) is 13.2 Å². The standard InChI is InChI=1S/C19H21ClN2O6/c1-18(2,3)28-17(25)22-11-7-10-13(14(10)22)19(11,27-16(24)15(23)26-4)9-5-6-12(20)21-8-9/h5-6,8,10-11,13-14H,7H2,1-4H3/t10-,11+,13+,14-,19?/m0/s1. The second-order valence-corrected chi connectivity index (χ2v) is 8.75. The average molecular weight is 409 g/mol. The number of esters is 2. The number of hydrogen-bond donors (Lipinski definition) is 0. The Kier molecular flexibility index (Phi) is 4.12. The van der Waals surface area contributed by atoms with Crippen LogP contribution in [0.2, 0.25) is 5.15 Å². The van der Waals surface area contributed by atoms with Crippen LogP contribution in [-0.4, -0.2) is 52.7 Å². The van der Waals surface area contributed by atoms with Crippen molar-refractivity contribution in [2.24, 2.45) is 11.8 Å². The summed E-state index contributed by atoms with van der Waals surface area (Å²) < 4.78 is 15.8. The van der Waals surface area contributed by atoms with Crippen LogP contribution in [0, 0.1) is 11.8 Å². The molecule has 0 aromatic carbocycles. The van der Waals surface area contributed by atoms with Crippen molar-refractivity contribution in [2.75, 3.05) is 7.11 Å². The Hall–Kier alpha value is -2.35. The predicted molar refractivity (Wildman–Crippen MR) is 96.3 cm³/mol. The van der Waals surface area contributed by atoms with E-state index in [1.165, 1.54) is 6.20 Å². The van der Waals surface area contributed by atoms with E-state index in [4.69, 9.17) is 21.1 Å². The molecule has 2 saturated carbocycles.